The van der Waals surface area contributed by atoms with Gasteiger partial charge in [-0.15, -0.1) is 0 Å². The van der Waals surface area contributed by atoms with Crippen LogP contribution in [0.25, 0.3) is 0 Å². The van der Waals surface area contributed by atoms with Crippen LogP contribution in [0.3, 0.4) is 0 Å². The van der Waals surface area contributed by atoms with E-state index in [2.05, 4.69) is 35.2 Å². The predicted octanol–water partition coefficient (Wildman–Crippen LogP) is 4.18. The number of hydrogen-bond acceptors (Lipinski definition) is 5. The number of amides is 1. The standard InChI is InChI=1S/C23H25ClN4O2/c1-3-4-15-5-10-19-18(13-15)25-20-21(26-23(30)27-22(20)29)28(19)12-11-14(2)16-6-8-17(24)9-7-16/h5-10,13-14,23,30H,3-4,11-12H2,1-2H3,(H,27,29). The van der Waals surface area contributed by atoms with Crippen LogP contribution in [0, 0.1) is 0 Å². The minimum Gasteiger partial charge on any atom is -0.355 e. The van der Waals surface area contributed by atoms with Crippen LogP contribution >= 0.6 is 11.6 Å². The fraction of sp³-hybridized carbons (Fsp3) is 0.348. The highest BCUT2D eigenvalue weighted by Crippen LogP contribution is 2.36. The molecule has 0 saturated heterocycles. The molecule has 2 aromatic rings. The summed E-state index contributed by atoms with van der Waals surface area (Å²) in [6, 6.07) is 14.0. The predicted molar refractivity (Wildman–Crippen MR) is 121 cm³/mol. The van der Waals surface area contributed by atoms with Crippen molar-refractivity contribution in [1.82, 2.24) is 5.32 Å². The van der Waals surface area contributed by atoms with Crippen molar-refractivity contribution < 1.29 is 9.90 Å². The highest BCUT2D eigenvalue weighted by Gasteiger charge is 2.35. The maximum Gasteiger partial charge on any atom is 0.277 e. The molecule has 0 bridgehead atoms. The van der Waals surface area contributed by atoms with Gasteiger partial charge in [0.15, 0.2) is 11.5 Å². The van der Waals surface area contributed by atoms with Crippen molar-refractivity contribution in [3.05, 3.63) is 58.6 Å². The third-order valence-corrected chi connectivity index (χ3v) is 5.77. The van der Waals surface area contributed by atoms with E-state index < -0.39 is 12.3 Å². The van der Waals surface area contributed by atoms with Crippen LogP contribution in [0.2, 0.25) is 5.02 Å². The average molecular weight is 425 g/mol. The van der Waals surface area contributed by atoms with Gasteiger partial charge in [0.1, 0.15) is 0 Å². The number of amidine groups is 1. The molecule has 1 amide bonds. The Morgan fingerprint density at radius 1 is 1.23 bits per heavy atom. The van der Waals surface area contributed by atoms with Crippen molar-refractivity contribution in [1.29, 1.82) is 0 Å². The number of fused-ring (bicyclic) bond motifs is 2. The lowest BCUT2D eigenvalue weighted by molar-refractivity contribution is -0.117. The first-order chi connectivity index (χ1) is 14.5. The van der Waals surface area contributed by atoms with Crippen molar-refractivity contribution >= 4 is 40.4 Å². The molecule has 0 aliphatic carbocycles. The summed E-state index contributed by atoms with van der Waals surface area (Å²) in [6.07, 6.45) is 1.57. The molecule has 4 rings (SSSR count). The van der Waals surface area contributed by atoms with Crippen LogP contribution < -0.4 is 10.2 Å². The second kappa shape index (κ2) is 8.58. The van der Waals surface area contributed by atoms with Crippen LogP contribution in [0.15, 0.2) is 52.4 Å². The zero-order chi connectivity index (χ0) is 21.3. The van der Waals surface area contributed by atoms with Crippen LogP contribution in [0.1, 0.15) is 43.7 Å². The quantitative estimate of drug-likeness (QED) is 0.730. The lowest BCUT2D eigenvalue weighted by atomic mass is 9.97. The molecule has 6 nitrogen and oxygen atoms in total. The first-order valence-electron chi connectivity index (χ1n) is 10.3. The number of nitrogens with one attached hydrogen (secondary N) is 1. The van der Waals surface area contributed by atoms with E-state index in [1.54, 1.807) is 0 Å². The summed E-state index contributed by atoms with van der Waals surface area (Å²) in [5, 5.41) is 13.1. The van der Waals surface area contributed by atoms with E-state index >= 15 is 0 Å². The summed E-state index contributed by atoms with van der Waals surface area (Å²) >= 11 is 6.01. The number of nitrogens with zero attached hydrogens (tertiary/aromatic N) is 3. The van der Waals surface area contributed by atoms with Crippen LogP contribution in [-0.4, -0.2) is 35.5 Å². The van der Waals surface area contributed by atoms with E-state index in [9.17, 15) is 9.90 Å². The highest BCUT2D eigenvalue weighted by molar-refractivity contribution is 6.70. The Morgan fingerprint density at radius 3 is 2.73 bits per heavy atom. The number of aryl methyl sites for hydroxylation is 1. The van der Waals surface area contributed by atoms with Crippen LogP contribution in [-0.2, 0) is 11.2 Å². The number of aliphatic imine (C=N–C) groups is 2. The fourth-order valence-electron chi connectivity index (χ4n) is 3.87. The highest BCUT2D eigenvalue weighted by atomic mass is 35.5. The lowest BCUT2D eigenvalue weighted by Crippen LogP contribution is -2.54. The summed E-state index contributed by atoms with van der Waals surface area (Å²) in [4.78, 5) is 23.3. The van der Waals surface area contributed by atoms with Crippen LogP contribution in [0.4, 0.5) is 11.4 Å². The molecule has 2 aromatic carbocycles. The SMILES string of the molecule is CCCc1ccc2c(c1)N=C1C(=O)NC(O)N=C1N2CCC(C)c1ccc(Cl)cc1. The van der Waals surface area contributed by atoms with E-state index in [1.165, 1.54) is 11.1 Å². The number of aliphatic hydroxyl groups excluding tert-OH is 1. The van der Waals surface area contributed by atoms with Gasteiger partial charge in [-0.2, -0.15) is 0 Å². The molecule has 0 spiro atoms. The summed E-state index contributed by atoms with van der Waals surface area (Å²) in [7, 11) is 0. The number of aliphatic hydroxyl groups is 1. The van der Waals surface area contributed by atoms with Gasteiger partial charge in [0.2, 0.25) is 6.35 Å². The second-order valence-electron chi connectivity index (χ2n) is 7.73. The minimum absolute atomic E-state index is 0.251. The van der Waals surface area contributed by atoms with Crippen molar-refractivity contribution in [2.24, 2.45) is 9.98 Å². The normalized spacial score (nSPS) is 18.7. The average Bonchev–Trinajstić information content (AvgIpc) is 2.72. The number of carbonyl (C=O) groups excluding carboxylic acids is 1. The first-order valence-corrected chi connectivity index (χ1v) is 10.7. The zero-order valence-electron chi connectivity index (χ0n) is 17.1. The Labute approximate surface area is 181 Å². The van der Waals surface area contributed by atoms with E-state index in [1.807, 2.05) is 41.3 Å². The molecule has 7 heteroatoms. The fourth-order valence-corrected chi connectivity index (χ4v) is 3.99. The van der Waals surface area contributed by atoms with E-state index in [-0.39, 0.29) is 11.6 Å². The monoisotopic (exact) mass is 424 g/mol. The van der Waals surface area contributed by atoms with Crippen molar-refractivity contribution in [3.63, 3.8) is 0 Å². The van der Waals surface area contributed by atoms with Crippen LogP contribution in [0.5, 0.6) is 0 Å². The molecule has 2 unspecified atom stereocenters. The van der Waals surface area contributed by atoms with Gasteiger partial charge >= 0.3 is 0 Å². The minimum atomic E-state index is -1.26. The van der Waals surface area contributed by atoms with Crippen molar-refractivity contribution in [2.45, 2.75) is 45.4 Å². The summed E-state index contributed by atoms with van der Waals surface area (Å²) < 4.78 is 0. The molecule has 0 radical (unpaired) electrons. The van der Waals surface area contributed by atoms with Crippen molar-refractivity contribution in [3.8, 4) is 0 Å². The first kappa shape index (κ1) is 20.6. The Bertz CT molecular complexity index is 1020. The van der Waals surface area contributed by atoms with Gasteiger partial charge in [0.25, 0.3) is 5.91 Å². The van der Waals surface area contributed by atoms with Crippen molar-refractivity contribution in [2.75, 3.05) is 11.4 Å². The van der Waals surface area contributed by atoms with Gasteiger partial charge in [-0.05, 0) is 54.2 Å². The molecule has 2 atom stereocenters. The van der Waals surface area contributed by atoms with Gasteiger partial charge in [0.05, 0.1) is 11.4 Å². The maximum atomic E-state index is 12.5. The largest absolute Gasteiger partial charge is 0.355 e. The Hall–Kier alpha value is -2.70. The van der Waals surface area contributed by atoms with E-state index in [4.69, 9.17) is 11.6 Å². The van der Waals surface area contributed by atoms with Gasteiger partial charge in [-0.3, -0.25) is 4.79 Å². The molecule has 156 valence electrons. The molecule has 2 aliphatic heterocycles. The molecule has 2 aliphatic rings. The van der Waals surface area contributed by atoms with Gasteiger partial charge in [-0.1, -0.05) is 50.1 Å². The molecule has 0 fully saturated rings. The van der Waals surface area contributed by atoms with Gasteiger partial charge in [-0.25, -0.2) is 9.98 Å². The number of halogens is 1. The molecule has 0 saturated carbocycles. The number of benzene rings is 2. The number of hydrogen-bond donors (Lipinski definition) is 2. The molecule has 2 heterocycles. The number of anilines is 1. The number of carbonyl (C=O) groups is 1. The number of rotatable bonds is 6. The van der Waals surface area contributed by atoms with E-state index in [0.717, 1.165) is 35.7 Å². The van der Waals surface area contributed by atoms with Gasteiger partial charge < -0.3 is 15.3 Å². The third-order valence-electron chi connectivity index (χ3n) is 5.51. The van der Waals surface area contributed by atoms with Gasteiger partial charge in [0, 0.05) is 11.6 Å². The third kappa shape index (κ3) is 4.11. The summed E-state index contributed by atoms with van der Waals surface area (Å²) in [5.41, 5.74) is 4.31. The summed E-state index contributed by atoms with van der Waals surface area (Å²) in [5.74, 6) is 0.301. The zero-order valence-corrected chi connectivity index (χ0v) is 17.9. The smallest absolute Gasteiger partial charge is 0.277 e. The van der Waals surface area contributed by atoms with E-state index in [0.29, 0.717) is 12.4 Å². The molecule has 2 N–H and O–H groups in total. The Balaban J connectivity index is 1.65. The Kier molecular flexibility index (Phi) is 5.88. The molecular formula is C23H25ClN4O2. The molecular weight excluding hydrogens is 400 g/mol. The molecule has 30 heavy (non-hydrogen) atoms. The molecule has 0 aromatic heterocycles. The second-order valence-corrected chi connectivity index (χ2v) is 8.16. The topological polar surface area (TPSA) is 77.3 Å². The lowest BCUT2D eigenvalue weighted by Gasteiger charge is -2.34. The maximum absolute atomic E-state index is 12.5. The summed E-state index contributed by atoms with van der Waals surface area (Å²) in [6.45, 7) is 4.94. The Morgan fingerprint density at radius 2 is 2.00 bits per heavy atom.